The molecule has 0 aromatic carbocycles. The van der Waals surface area contributed by atoms with Crippen molar-refractivity contribution in [3.05, 3.63) is 0 Å². The van der Waals surface area contributed by atoms with Gasteiger partial charge in [-0.3, -0.25) is 4.90 Å². The Labute approximate surface area is 160 Å². The van der Waals surface area contributed by atoms with Gasteiger partial charge in [-0.2, -0.15) is 0 Å². The molecular weight excluding hydrogens is 350 g/mol. The molecule has 0 radical (unpaired) electrons. The highest BCUT2D eigenvalue weighted by atomic mass is 32.2. The van der Waals surface area contributed by atoms with Crippen LogP contribution >= 0.6 is 0 Å². The second-order valence-corrected chi connectivity index (χ2v) is 9.93. The molecule has 2 fully saturated rings. The monoisotopic (exact) mass is 389 g/mol. The van der Waals surface area contributed by atoms with Crippen LogP contribution in [0, 0.1) is 0 Å². The second-order valence-electron chi connectivity index (χ2n) is 7.71. The molecule has 1 saturated heterocycles. The van der Waals surface area contributed by atoms with Gasteiger partial charge in [0, 0.05) is 26.2 Å². The highest BCUT2D eigenvalue weighted by molar-refractivity contribution is 7.89. The summed E-state index contributed by atoms with van der Waals surface area (Å²) < 4.78 is 33.5. The summed E-state index contributed by atoms with van der Waals surface area (Å²) in [6.07, 6.45) is 10.0. The molecule has 26 heavy (non-hydrogen) atoms. The highest BCUT2D eigenvalue weighted by Crippen LogP contribution is 2.26. The van der Waals surface area contributed by atoms with Gasteiger partial charge in [-0.25, -0.2) is 12.7 Å². The Kier molecular flexibility index (Phi) is 10.4. The van der Waals surface area contributed by atoms with E-state index >= 15 is 0 Å². The first-order chi connectivity index (χ1) is 12.6. The molecular formula is C19H39N3O3S. The number of hydrogen-bond donors (Lipinski definition) is 1. The molecule has 154 valence electrons. The molecule has 0 amide bonds. The van der Waals surface area contributed by atoms with Crippen LogP contribution in [-0.4, -0.2) is 75.4 Å². The molecule has 1 aliphatic heterocycles. The van der Waals surface area contributed by atoms with Gasteiger partial charge in [0.05, 0.1) is 18.5 Å². The van der Waals surface area contributed by atoms with Crippen LogP contribution in [0.3, 0.4) is 0 Å². The van der Waals surface area contributed by atoms with E-state index in [0.29, 0.717) is 13.1 Å². The lowest BCUT2D eigenvalue weighted by molar-refractivity contribution is 0.0369. The van der Waals surface area contributed by atoms with Crippen LogP contribution < -0.4 is 5.73 Å². The standard InChI is InChI=1S/C19H39N3O3S/c20-11-6-1-2-7-13-22(14-8-12-21-15-17-25-18-16-21)26(23,24)19-9-4-3-5-10-19/h19H,1-18,20H2. The molecule has 1 heterocycles. The molecule has 0 atom stereocenters. The molecule has 0 unspecified atom stereocenters. The quantitative estimate of drug-likeness (QED) is 0.518. The zero-order valence-electron chi connectivity index (χ0n) is 16.4. The number of sulfonamides is 1. The Hall–Kier alpha value is -0.210. The summed E-state index contributed by atoms with van der Waals surface area (Å²) in [5.74, 6) is 0. The van der Waals surface area contributed by atoms with Gasteiger partial charge in [0.25, 0.3) is 0 Å². The predicted octanol–water partition coefficient (Wildman–Crippen LogP) is 2.19. The second kappa shape index (κ2) is 12.3. The Balaban J connectivity index is 1.84. The fraction of sp³-hybridized carbons (Fsp3) is 1.00. The van der Waals surface area contributed by atoms with Gasteiger partial charge >= 0.3 is 0 Å². The summed E-state index contributed by atoms with van der Waals surface area (Å²) in [6.45, 7) is 6.55. The fourth-order valence-corrected chi connectivity index (χ4v) is 6.14. The zero-order chi connectivity index (χ0) is 18.7. The van der Waals surface area contributed by atoms with Crippen LogP contribution in [0.5, 0.6) is 0 Å². The molecule has 1 saturated carbocycles. The lowest BCUT2D eigenvalue weighted by atomic mass is 10.0. The number of morpholine rings is 1. The summed E-state index contributed by atoms with van der Waals surface area (Å²) in [5, 5.41) is -0.149. The molecule has 0 aromatic heterocycles. The topological polar surface area (TPSA) is 75.9 Å². The zero-order valence-corrected chi connectivity index (χ0v) is 17.2. The van der Waals surface area contributed by atoms with Crippen LogP contribution in [0.1, 0.15) is 64.2 Å². The normalized spacial score (nSPS) is 20.7. The van der Waals surface area contributed by atoms with E-state index in [2.05, 4.69) is 4.90 Å². The minimum Gasteiger partial charge on any atom is -0.379 e. The van der Waals surface area contributed by atoms with Crippen LogP contribution in [0.2, 0.25) is 0 Å². The predicted molar refractivity (Wildman–Crippen MR) is 107 cm³/mol. The van der Waals surface area contributed by atoms with Crippen LogP contribution in [0.15, 0.2) is 0 Å². The summed E-state index contributed by atoms with van der Waals surface area (Å²) >= 11 is 0. The first kappa shape index (κ1) is 22.1. The average molecular weight is 390 g/mol. The summed E-state index contributed by atoms with van der Waals surface area (Å²) in [7, 11) is -3.15. The minimum absolute atomic E-state index is 0.149. The van der Waals surface area contributed by atoms with Crippen molar-refractivity contribution < 1.29 is 13.2 Å². The third kappa shape index (κ3) is 7.43. The number of rotatable bonds is 12. The smallest absolute Gasteiger partial charge is 0.216 e. The summed E-state index contributed by atoms with van der Waals surface area (Å²) in [4.78, 5) is 2.39. The van der Waals surface area contributed by atoms with Crippen LogP contribution in [0.4, 0.5) is 0 Å². The van der Waals surface area contributed by atoms with Gasteiger partial charge in [-0.15, -0.1) is 0 Å². The first-order valence-corrected chi connectivity index (χ1v) is 12.1. The lowest BCUT2D eigenvalue weighted by Crippen LogP contribution is -2.42. The third-order valence-corrected chi connectivity index (χ3v) is 8.08. The van der Waals surface area contributed by atoms with Crippen molar-refractivity contribution in [1.29, 1.82) is 0 Å². The molecule has 2 N–H and O–H groups in total. The van der Waals surface area contributed by atoms with Crippen LogP contribution in [-0.2, 0) is 14.8 Å². The number of nitrogens with zero attached hydrogens (tertiary/aromatic N) is 2. The number of ether oxygens (including phenoxy) is 1. The van der Waals surface area contributed by atoms with E-state index in [4.69, 9.17) is 10.5 Å². The number of nitrogens with two attached hydrogens (primary N) is 1. The molecule has 0 bridgehead atoms. The van der Waals surface area contributed by atoms with E-state index in [-0.39, 0.29) is 5.25 Å². The molecule has 2 aliphatic rings. The maximum absolute atomic E-state index is 13.2. The fourth-order valence-electron chi connectivity index (χ4n) is 4.02. The molecule has 7 heteroatoms. The Morgan fingerprint density at radius 2 is 1.58 bits per heavy atom. The van der Waals surface area contributed by atoms with Gasteiger partial charge in [0.15, 0.2) is 0 Å². The van der Waals surface area contributed by atoms with E-state index in [1.807, 2.05) is 4.31 Å². The Bertz CT molecular complexity index is 461. The van der Waals surface area contributed by atoms with Crippen molar-refractivity contribution in [3.8, 4) is 0 Å². The van der Waals surface area contributed by atoms with Crippen molar-refractivity contribution in [2.75, 3.05) is 52.5 Å². The van der Waals surface area contributed by atoms with Crippen molar-refractivity contribution in [2.24, 2.45) is 5.73 Å². The molecule has 0 aromatic rings. The van der Waals surface area contributed by atoms with Crippen LogP contribution in [0.25, 0.3) is 0 Å². The van der Waals surface area contributed by atoms with Crippen molar-refractivity contribution in [3.63, 3.8) is 0 Å². The lowest BCUT2D eigenvalue weighted by Gasteiger charge is -2.31. The van der Waals surface area contributed by atoms with Crippen molar-refractivity contribution >= 4 is 10.0 Å². The first-order valence-electron chi connectivity index (χ1n) is 10.6. The van der Waals surface area contributed by atoms with Gasteiger partial charge in [0.1, 0.15) is 0 Å². The van der Waals surface area contributed by atoms with E-state index < -0.39 is 10.0 Å². The molecule has 1 aliphatic carbocycles. The van der Waals surface area contributed by atoms with Crippen molar-refractivity contribution in [2.45, 2.75) is 69.5 Å². The van der Waals surface area contributed by atoms with Gasteiger partial charge in [-0.05, 0) is 45.2 Å². The van der Waals surface area contributed by atoms with Gasteiger partial charge < -0.3 is 10.5 Å². The van der Waals surface area contributed by atoms with Gasteiger partial charge in [-0.1, -0.05) is 32.1 Å². The maximum atomic E-state index is 13.2. The minimum atomic E-state index is -3.15. The maximum Gasteiger partial charge on any atom is 0.216 e. The number of hydrogen-bond acceptors (Lipinski definition) is 5. The molecule has 2 rings (SSSR count). The largest absolute Gasteiger partial charge is 0.379 e. The Morgan fingerprint density at radius 3 is 2.27 bits per heavy atom. The summed E-state index contributed by atoms with van der Waals surface area (Å²) in [5.41, 5.74) is 5.55. The van der Waals surface area contributed by atoms with E-state index in [0.717, 1.165) is 97.2 Å². The SMILES string of the molecule is NCCCCCCN(CCCN1CCOCC1)S(=O)(=O)C1CCCCC1. The third-order valence-electron chi connectivity index (χ3n) is 5.68. The highest BCUT2D eigenvalue weighted by Gasteiger charge is 2.32. The van der Waals surface area contributed by atoms with Gasteiger partial charge in [0.2, 0.25) is 10.0 Å². The van der Waals surface area contributed by atoms with E-state index in [9.17, 15) is 8.42 Å². The molecule has 6 nitrogen and oxygen atoms in total. The number of unbranched alkanes of at least 4 members (excludes halogenated alkanes) is 3. The molecule has 0 spiro atoms. The summed E-state index contributed by atoms with van der Waals surface area (Å²) in [6, 6.07) is 0. The van der Waals surface area contributed by atoms with Crippen molar-refractivity contribution in [1.82, 2.24) is 9.21 Å². The average Bonchev–Trinajstić information content (AvgIpc) is 2.68. The van der Waals surface area contributed by atoms with E-state index in [1.165, 1.54) is 6.42 Å². The van der Waals surface area contributed by atoms with E-state index in [1.54, 1.807) is 0 Å². The Morgan fingerprint density at radius 1 is 0.923 bits per heavy atom.